The first-order valence-corrected chi connectivity index (χ1v) is 10.8. The van der Waals surface area contributed by atoms with Crippen molar-refractivity contribution in [2.45, 2.75) is 43.4 Å². The average molecular weight is 398 g/mol. The van der Waals surface area contributed by atoms with Crippen LogP contribution in [0.15, 0.2) is 33.6 Å². The Morgan fingerprint density at radius 2 is 1.61 bits per heavy atom. The molecule has 0 aliphatic heterocycles. The van der Waals surface area contributed by atoms with Crippen LogP contribution in [0, 0.1) is 23.2 Å². The highest BCUT2D eigenvalue weighted by Gasteiger charge is 2.51. The van der Waals surface area contributed by atoms with E-state index in [0.717, 1.165) is 17.8 Å². The summed E-state index contributed by atoms with van der Waals surface area (Å²) in [6.45, 7) is 0.681. The molecule has 4 fully saturated rings. The van der Waals surface area contributed by atoms with Crippen LogP contribution in [-0.4, -0.2) is 26.3 Å². The lowest BCUT2D eigenvalue weighted by Gasteiger charge is -2.57. The molecule has 1 aromatic carbocycles. The Morgan fingerprint density at radius 1 is 1.09 bits per heavy atom. The molecule has 23 heavy (non-hydrogen) atoms. The van der Waals surface area contributed by atoms with E-state index in [9.17, 15) is 8.42 Å². The molecule has 0 N–H and O–H groups in total. The summed E-state index contributed by atoms with van der Waals surface area (Å²) in [5, 5.41) is 0. The SMILES string of the molecule is CN(CC12CC3CC(CC(C3)C1)C2)S(=O)(=O)c1ccccc1Br. The highest BCUT2D eigenvalue weighted by molar-refractivity contribution is 9.10. The Bertz CT molecular complexity index is 680. The molecule has 3 nitrogen and oxygen atoms in total. The van der Waals surface area contributed by atoms with Crippen molar-refractivity contribution in [1.29, 1.82) is 0 Å². The van der Waals surface area contributed by atoms with Crippen LogP contribution in [0.2, 0.25) is 0 Å². The van der Waals surface area contributed by atoms with Gasteiger partial charge in [-0.25, -0.2) is 12.7 Å². The second kappa shape index (κ2) is 5.57. The molecule has 0 heterocycles. The van der Waals surface area contributed by atoms with Gasteiger partial charge >= 0.3 is 0 Å². The van der Waals surface area contributed by atoms with Gasteiger partial charge in [-0.2, -0.15) is 0 Å². The van der Waals surface area contributed by atoms with Gasteiger partial charge in [-0.05, 0) is 89.8 Å². The molecule has 0 unspecified atom stereocenters. The number of nitrogens with zero attached hydrogens (tertiary/aromatic N) is 1. The van der Waals surface area contributed by atoms with Crippen molar-refractivity contribution in [1.82, 2.24) is 4.31 Å². The van der Waals surface area contributed by atoms with Crippen molar-refractivity contribution < 1.29 is 8.42 Å². The van der Waals surface area contributed by atoms with E-state index in [4.69, 9.17) is 0 Å². The number of rotatable bonds is 4. The first kappa shape index (κ1) is 16.1. The maximum atomic E-state index is 13.0. The highest BCUT2D eigenvalue weighted by Crippen LogP contribution is 2.60. The van der Waals surface area contributed by atoms with Gasteiger partial charge in [-0.3, -0.25) is 0 Å². The monoisotopic (exact) mass is 397 g/mol. The fourth-order valence-corrected chi connectivity index (χ4v) is 8.11. The molecule has 0 aromatic heterocycles. The minimum absolute atomic E-state index is 0.234. The van der Waals surface area contributed by atoms with Crippen LogP contribution in [-0.2, 0) is 10.0 Å². The van der Waals surface area contributed by atoms with Crippen molar-refractivity contribution in [3.63, 3.8) is 0 Å². The number of halogens is 1. The van der Waals surface area contributed by atoms with Crippen LogP contribution in [0.4, 0.5) is 0 Å². The molecule has 4 aliphatic rings. The predicted molar refractivity (Wildman–Crippen MR) is 94.6 cm³/mol. The van der Waals surface area contributed by atoms with Gasteiger partial charge in [0.2, 0.25) is 10.0 Å². The lowest BCUT2D eigenvalue weighted by molar-refractivity contribution is -0.0583. The van der Waals surface area contributed by atoms with Crippen molar-refractivity contribution in [2.75, 3.05) is 13.6 Å². The lowest BCUT2D eigenvalue weighted by atomic mass is 9.49. The zero-order chi connectivity index (χ0) is 16.2. The van der Waals surface area contributed by atoms with Crippen LogP contribution in [0.25, 0.3) is 0 Å². The molecular weight excluding hydrogens is 374 g/mol. The number of hydrogen-bond donors (Lipinski definition) is 0. The fourth-order valence-electron chi connectivity index (χ4n) is 5.86. The minimum atomic E-state index is -3.43. The third-order valence-electron chi connectivity index (χ3n) is 6.25. The summed E-state index contributed by atoms with van der Waals surface area (Å²) in [5.41, 5.74) is 0.234. The molecule has 0 radical (unpaired) electrons. The normalized spacial score (nSPS) is 35.9. The van der Waals surface area contributed by atoms with Gasteiger partial charge < -0.3 is 0 Å². The topological polar surface area (TPSA) is 37.4 Å². The van der Waals surface area contributed by atoms with Gasteiger partial charge in [0.15, 0.2) is 0 Å². The van der Waals surface area contributed by atoms with Crippen LogP contribution < -0.4 is 0 Å². The first-order chi connectivity index (χ1) is 10.9. The van der Waals surface area contributed by atoms with Crippen molar-refractivity contribution in [3.05, 3.63) is 28.7 Å². The summed E-state index contributed by atoms with van der Waals surface area (Å²) < 4.78 is 28.2. The van der Waals surface area contributed by atoms with E-state index >= 15 is 0 Å². The molecule has 0 amide bonds. The molecule has 4 bridgehead atoms. The van der Waals surface area contributed by atoms with Gasteiger partial charge in [0.25, 0.3) is 0 Å². The van der Waals surface area contributed by atoms with Gasteiger partial charge in [0, 0.05) is 18.1 Å². The van der Waals surface area contributed by atoms with Gasteiger partial charge in [0.1, 0.15) is 0 Å². The summed E-state index contributed by atoms with van der Waals surface area (Å²) in [4.78, 5) is 0.382. The average Bonchev–Trinajstić information content (AvgIpc) is 2.45. The Labute approximate surface area is 147 Å². The van der Waals surface area contributed by atoms with Crippen molar-refractivity contribution in [2.24, 2.45) is 23.2 Å². The third kappa shape index (κ3) is 2.79. The van der Waals surface area contributed by atoms with Gasteiger partial charge in [0.05, 0.1) is 4.90 Å². The molecule has 4 saturated carbocycles. The maximum absolute atomic E-state index is 13.0. The quantitative estimate of drug-likeness (QED) is 0.759. The third-order valence-corrected chi connectivity index (χ3v) is 9.06. The second-order valence-electron chi connectivity index (χ2n) is 8.11. The van der Waals surface area contributed by atoms with E-state index in [1.165, 1.54) is 38.5 Å². The molecular formula is C18H24BrNO2S. The Balaban J connectivity index is 1.58. The first-order valence-electron chi connectivity index (χ1n) is 8.59. The van der Waals surface area contributed by atoms with Crippen molar-refractivity contribution >= 4 is 26.0 Å². The minimum Gasteiger partial charge on any atom is -0.207 e. The van der Waals surface area contributed by atoms with E-state index in [0.29, 0.717) is 15.9 Å². The lowest BCUT2D eigenvalue weighted by Crippen LogP contribution is -2.51. The molecule has 0 saturated heterocycles. The van der Waals surface area contributed by atoms with E-state index in [-0.39, 0.29) is 5.41 Å². The fraction of sp³-hybridized carbons (Fsp3) is 0.667. The number of benzene rings is 1. The van der Waals surface area contributed by atoms with Crippen LogP contribution >= 0.6 is 15.9 Å². The summed E-state index contributed by atoms with van der Waals surface area (Å²) in [7, 11) is -1.67. The zero-order valence-electron chi connectivity index (χ0n) is 13.5. The molecule has 4 aliphatic carbocycles. The standard InChI is InChI=1S/C18H24BrNO2S/c1-20(23(21,22)17-5-3-2-4-16(17)19)12-18-9-13-6-14(10-18)8-15(7-13)11-18/h2-5,13-15H,6-12H2,1H3. The largest absolute Gasteiger partial charge is 0.243 e. The van der Waals surface area contributed by atoms with Crippen molar-refractivity contribution in [3.8, 4) is 0 Å². The molecule has 0 spiro atoms. The van der Waals surface area contributed by atoms with Gasteiger partial charge in [-0.1, -0.05) is 12.1 Å². The molecule has 0 atom stereocenters. The summed E-state index contributed by atoms with van der Waals surface area (Å²) in [5.74, 6) is 2.54. The second-order valence-corrected chi connectivity index (χ2v) is 11.0. The summed E-state index contributed by atoms with van der Waals surface area (Å²) in [6, 6.07) is 7.12. The predicted octanol–water partition coefficient (Wildman–Crippen LogP) is 4.29. The highest BCUT2D eigenvalue weighted by atomic mass is 79.9. The molecule has 5 heteroatoms. The van der Waals surface area contributed by atoms with Crippen LogP contribution in [0.1, 0.15) is 38.5 Å². The molecule has 5 rings (SSSR count). The van der Waals surface area contributed by atoms with E-state index in [1.807, 2.05) is 6.07 Å². The Kier molecular flexibility index (Phi) is 3.90. The maximum Gasteiger partial charge on any atom is 0.243 e. The molecule has 1 aromatic rings. The molecule has 126 valence electrons. The van der Waals surface area contributed by atoms with Crippen LogP contribution in [0.3, 0.4) is 0 Å². The number of sulfonamides is 1. The Hall–Kier alpha value is -0.390. The Morgan fingerprint density at radius 3 is 2.13 bits per heavy atom. The summed E-state index contributed by atoms with van der Waals surface area (Å²) in [6.07, 6.45) is 7.86. The summed E-state index contributed by atoms with van der Waals surface area (Å²) >= 11 is 3.39. The van der Waals surface area contributed by atoms with E-state index in [2.05, 4.69) is 15.9 Å². The van der Waals surface area contributed by atoms with E-state index < -0.39 is 10.0 Å². The van der Waals surface area contributed by atoms with E-state index in [1.54, 1.807) is 29.6 Å². The van der Waals surface area contributed by atoms with Gasteiger partial charge in [-0.15, -0.1) is 0 Å². The zero-order valence-corrected chi connectivity index (χ0v) is 15.9. The number of hydrogen-bond acceptors (Lipinski definition) is 2. The smallest absolute Gasteiger partial charge is 0.207 e. The van der Waals surface area contributed by atoms with Crippen LogP contribution in [0.5, 0.6) is 0 Å².